The maximum atomic E-state index is 13.0. The topological polar surface area (TPSA) is 44.8 Å². The molecule has 0 amide bonds. The summed E-state index contributed by atoms with van der Waals surface area (Å²) in [6, 6.07) is -2.49. The second kappa shape index (κ2) is 7.12. The first-order valence-corrected chi connectivity index (χ1v) is 14.8. The summed E-state index contributed by atoms with van der Waals surface area (Å²) >= 11 is 0. The van der Waals surface area contributed by atoms with Crippen LogP contribution in [0.5, 0.6) is 0 Å². The summed E-state index contributed by atoms with van der Waals surface area (Å²) in [5.41, 5.74) is 0. The molecule has 0 unspecified atom stereocenters. The van der Waals surface area contributed by atoms with E-state index in [-0.39, 0.29) is 0 Å². The fraction of sp³-hybridized carbons (Fsp3) is 0.800. The van der Waals surface area contributed by atoms with Crippen molar-refractivity contribution < 1.29 is 39.7 Å². The van der Waals surface area contributed by atoms with Crippen molar-refractivity contribution in [1.29, 1.82) is 0 Å². The van der Waals surface area contributed by atoms with Gasteiger partial charge in [0.05, 0.1) is 0 Å². The normalized spacial score (nSPS) is 15.6. The van der Waals surface area contributed by atoms with Crippen LogP contribution in [0.1, 0.15) is 0 Å². The Kier molecular flexibility index (Phi) is 7.05. The lowest BCUT2D eigenvalue weighted by atomic mass is 10.5. The number of ether oxygens (including phenoxy) is 1. The molecular weight excluding hydrogens is 366 g/mol. The summed E-state index contributed by atoms with van der Waals surface area (Å²) in [6.07, 6.45) is -6.65. The first kappa shape index (κ1) is 21.8. The van der Waals surface area contributed by atoms with E-state index in [1.165, 1.54) is 0 Å². The van der Waals surface area contributed by atoms with Gasteiger partial charge >= 0.3 is 19.8 Å². The van der Waals surface area contributed by atoms with E-state index in [0.29, 0.717) is 0 Å². The van der Waals surface area contributed by atoms with Crippen molar-refractivity contribution in [2.45, 2.75) is 45.5 Å². The zero-order chi connectivity index (χ0) is 18.0. The second-order valence-corrected chi connectivity index (χ2v) is 17.8. The molecule has 132 valence electrons. The quantitative estimate of drug-likeness (QED) is 0.250. The van der Waals surface area contributed by atoms with Crippen LogP contribution < -0.4 is 0 Å². The smallest absolute Gasteiger partial charge is 0.449 e. The minimum atomic E-state index is -5.52. The largest absolute Gasteiger partial charge is 0.456 e. The van der Waals surface area contributed by atoms with Gasteiger partial charge < -0.3 is 13.2 Å². The van der Waals surface area contributed by atoms with Crippen molar-refractivity contribution in [3.63, 3.8) is 0 Å². The van der Waals surface area contributed by atoms with Gasteiger partial charge in [-0.25, -0.2) is 0 Å². The Morgan fingerprint density at radius 1 is 0.955 bits per heavy atom. The van der Waals surface area contributed by atoms with Crippen molar-refractivity contribution in [1.82, 2.24) is 0 Å². The molecule has 0 heterocycles. The van der Waals surface area contributed by atoms with Gasteiger partial charge in [-0.2, -0.15) is 22.0 Å². The Morgan fingerprint density at radius 3 is 1.59 bits per heavy atom. The predicted octanol–water partition coefficient (Wildman–Crippen LogP) is 5.53. The summed E-state index contributed by atoms with van der Waals surface area (Å²) in [7, 11) is -8.87. The van der Waals surface area contributed by atoms with Crippen LogP contribution in [0.4, 0.5) is 22.0 Å². The molecule has 0 saturated carbocycles. The minimum Gasteiger partial charge on any atom is -0.456 e. The number of hydrogen-bond donors (Lipinski definition) is 0. The van der Waals surface area contributed by atoms with E-state index in [0.717, 1.165) is 0 Å². The number of rotatable bonds is 7. The SMILES string of the molecule is C[Si](C)(C)OP(=O)(CO/C(F)=C(\F)C(F)(F)F)O[Si](C)(C)C. The van der Waals surface area contributed by atoms with E-state index in [1.54, 1.807) is 39.3 Å². The van der Waals surface area contributed by atoms with Crippen LogP contribution in [-0.2, 0) is 17.7 Å². The monoisotopic (exact) mass is 386 g/mol. The molecule has 0 aliphatic rings. The van der Waals surface area contributed by atoms with Gasteiger partial charge in [0.1, 0.15) is 0 Å². The van der Waals surface area contributed by atoms with Gasteiger partial charge in [0.25, 0.3) is 5.83 Å². The van der Waals surface area contributed by atoms with Crippen LogP contribution in [0.2, 0.25) is 39.3 Å². The average molecular weight is 386 g/mol. The molecule has 0 aromatic heterocycles. The number of hydrogen-bond acceptors (Lipinski definition) is 4. The Hall–Kier alpha value is -0.226. The van der Waals surface area contributed by atoms with Gasteiger partial charge in [-0.3, -0.25) is 4.57 Å². The van der Waals surface area contributed by atoms with E-state index in [1.807, 2.05) is 0 Å². The van der Waals surface area contributed by atoms with Crippen LogP contribution in [0, 0.1) is 0 Å². The van der Waals surface area contributed by atoms with E-state index in [9.17, 15) is 26.5 Å². The highest BCUT2D eigenvalue weighted by Gasteiger charge is 2.41. The van der Waals surface area contributed by atoms with Gasteiger partial charge in [-0.05, 0) is 39.3 Å². The fourth-order valence-electron chi connectivity index (χ4n) is 1.22. The Bertz CT molecular complexity index is 447. The van der Waals surface area contributed by atoms with Gasteiger partial charge in [-0.1, -0.05) is 0 Å². The Labute approximate surface area is 128 Å². The van der Waals surface area contributed by atoms with Crippen molar-refractivity contribution in [3.8, 4) is 0 Å². The van der Waals surface area contributed by atoms with Crippen LogP contribution in [0.3, 0.4) is 0 Å². The lowest BCUT2D eigenvalue weighted by molar-refractivity contribution is -0.116. The minimum absolute atomic E-state index is 1.13. The Balaban J connectivity index is 5.22. The standard InChI is InChI=1S/C10H20F5O4PSi2/c1-21(2,3)18-20(16,19-22(4,5)6)7-17-9(12)8(11)10(13,14)15/h7H2,1-6H3/b9-8-. The molecule has 0 saturated heterocycles. The predicted molar refractivity (Wildman–Crippen MR) is 77.7 cm³/mol. The first-order chi connectivity index (χ1) is 9.45. The molecule has 0 aliphatic heterocycles. The molecule has 0 radical (unpaired) electrons. The van der Waals surface area contributed by atoms with Gasteiger partial charge in [0.2, 0.25) is 0 Å². The highest BCUT2D eigenvalue weighted by molar-refractivity contribution is 7.56. The van der Waals surface area contributed by atoms with Gasteiger partial charge in [-0.15, -0.1) is 0 Å². The zero-order valence-corrected chi connectivity index (χ0v) is 16.1. The molecule has 0 aliphatic carbocycles. The molecule has 0 aromatic rings. The van der Waals surface area contributed by atoms with E-state index < -0.39 is 48.6 Å². The summed E-state index contributed by atoms with van der Waals surface area (Å²) in [6.45, 7) is 9.97. The molecule has 0 aromatic carbocycles. The number of halogens is 5. The summed E-state index contributed by atoms with van der Waals surface area (Å²) in [5, 5.41) is 0. The second-order valence-electron chi connectivity index (χ2n) is 6.38. The molecule has 22 heavy (non-hydrogen) atoms. The number of allylic oxidation sites excluding steroid dienone is 1. The lowest BCUT2D eigenvalue weighted by Gasteiger charge is -2.30. The maximum Gasteiger partial charge on any atom is 0.449 e. The number of alkyl halides is 3. The van der Waals surface area contributed by atoms with Gasteiger partial charge in [0, 0.05) is 0 Å². The van der Waals surface area contributed by atoms with Crippen LogP contribution in [-0.4, -0.2) is 29.2 Å². The highest BCUT2D eigenvalue weighted by Crippen LogP contribution is 2.53. The summed E-state index contributed by atoms with van der Waals surface area (Å²) in [4.78, 5) is 0. The van der Waals surface area contributed by atoms with E-state index in [2.05, 4.69) is 4.74 Å². The summed E-state index contributed by atoms with van der Waals surface area (Å²) in [5.74, 6) is -3.03. The average Bonchev–Trinajstić information content (AvgIpc) is 2.18. The fourth-order valence-corrected chi connectivity index (χ4v) is 9.07. The van der Waals surface area contributed by atoms with Crippen LogP contribution >= 0.6 is 7.60 Å². The van der Waals surface area contributed by atoms with Crippen LogP contribution in [0.25, 0.3) is 0 Å². The van der Waals surface area contributed by atoms with E-state index >= 15 is 0 Å². The van der Waals surface area contributed by atoms with E-state index in [4.69, 9.17) is 8.43 Å². The molecule has 4 nitrogen and oxygen atoms in total. The van der Waals surface area contributed by atoms with Crippen molar-refractivity contribution in [3.05, 3.63) is 11.8 Å². The molecule has 0 spiro atoms. The zero-order valence-electron chi connectivity index (χ0n) is 13.2. The molecule has 0 atom stereocenters. The third-order valence-corrected chi connectivity index (χ3v) is 8.65. The molecule has 0 rings (SSSR count). The maximum absolute atomic E-state index is 13.0. The van der Waals surface area contributed by atoms with Crippen molar-refractivity contribution in [2.75, 3.05) is 6.35 Å². The highest BCUT2D eigenvalue weighted by atomic mass is 31.2. The third-order valence-electron chi connectivity index (χ3n) is 1.60. The molecule has 0 fully saturated rings. The van der Waals surface area contributed by atoms with Crippen molar-refractivity contribution >= 4 is 24.2 Å². The lowest BCUT2D eigenvalue weighted by Crippen LogP contribution is -2.31. The summed E-state index contributed by atoms with van der Waals surface area (Å²) < 4.78 is 88.8. The molecule has 0 N–H and O–H groups in total. The molecular formula is C10H20F5O4PSi2. The van der Waals surface area contributed by atoms with Crippen LogP contribution in [0.15, 0.2) is 11.8 Å². The first-order valence-electron chi connectivity index (χ1n) is 6.21. The molecule has 0 bridgehead atoms. The van der Waals surface area contributed by atoms with Gasteiger partial charge in [0.15, 0.2) is 23.0 Å². The molecule has 12 heteroatoms. The Morgan fingerprint density at radius 2 is 1.32 bits per heavy atom. The third kappa shape index (κ3) is 9.03. The van der Waals surface area contributed by atoms with Crippen molar-refractivity contribution in [2.24, 2.45) is 0 Å².